The molecular formula is C29H30N2O3. The molecule has 3 aromatic rings. The number of nitrogens with zero attached hydrogens (tertiary/aromatic N) is 1. The summed E-state index contributed by atoms with van der Waals surface area (Å²) < 4.78 is 5.85. The first kappa shape index (κ1) is 23.3. The zero-order valence-electron chi connectivity index (χ0n) is 20.1. The second kappa shape index (κ2) is 9.56. The zero-order chi connectivity index (χ0) is 24.3. The number of nitrogens with one attached hydrogen (secondary N) is 1. The van der Waals surface area contributed by atoms with Crippen LogP contribution in [0.25, 0.3) is 5.57 Å². The molecule has 1 aliphatic rings. The van der Waals surface area contributed by atoms with Crippen molar-refractivity contribution >= 4 is 28.8 Å². The van der Waals surface area contributed by atoms with E-state index >= 15 is 0 Å². The van der Waals surface area contributed by atoms with Crippen LogP contribution in [0.5, 0.6) is 5.75 Å². The average Bonchev–Trinajstić information content (AvgIpc) is 3.07. The van der Waals surface area contributed by atoms with E-state index in [0.717, 1.165) is 12.1 Å². The van der Waals surface area contributed by atoms with Gasteiger partial charge in [-0.05, 0) is 47.2 Å². The maximum atomic E-state index is 13.7. The second-order valence-electron chi connectivity index (χ2n) is 9.33. The zero-order valence-corrected chi connectivity index (χ0v) is 20.1. The van der Waals surface area contributed by atoms with Gasteiger partial charge >= 0.3 is 0 Å². The largest absolute Gasteiger partial charge is 0.491 e. The molecule has 3 aromatic carbocycles. The van der Waals surface area contributed by atoms with Crippen LogP contribution in [0.1, 0.15) is 45.2 Å². The molecule has 5 heteroatoms. The Morgan fingerprint density at radius 1 is 0.824 bits per heavy atom. The third-order valence-electron chi connectivity index (χ3n) is 5.73. The summed E-state index contributed by atoms with van der Waals surface area (Å²) in [6.07, 6.45) is 0.821. The fourth-order valence-corrected chi connectivity index (χ4v) is 3.91. The fraction of sp³-hybridized carbons (Fsp3) is 0.241. The predicted molar refractivity (Wildman–Crippen MR) is 137 cm³/mol. The lowest BCUT2D eigenvalue weighted by molar-refractivity contribution is -0.120. The minimum atomic E-state index is -0.406. The maximum Gasteiger partial charge on any atom is 0.282 e. The van der Waals surface area contributed by atoms with Gasteiger partial charge in [0.05, 0.1) is 17.9 Å². The Labute approximate surface area is 201 Å². The van der Waals surface area contributed by atoms with Gasteiger partial charge in [0.15, 0.2) is 0 Å². The molecule has 0 saturated carbocycles. The number of rotatable bonds is 7. The van der Waals surface area contributed by atoms with Crippen LogP contribution in [0.3, 0.4) is 0 Å². The second-order valence-corrected chi connectivity index (χ2v) is 9.33. The van der Waals surface area contributed by atoms with Crippen LogP contribution < -0.4 is 15.0 Å². The lowest BCUT2D eigenvalue weighted by Gasteiger charge is -2.20. The van der Waals surface area contributed by atoms with Gasteiger partial charge in [-0.2, -0.15) is 0 Å². The van der Waals surface area contributed by atoms with Gasteiger partial charge in [0.2, 0.25) is 0 Å². The van der Waals surface area contributed by atoms with Gasteiger partial charge in [-0.3, -0.25) is 9.59 Å². The van der Waals surface area contributed by atoms with Gasteiger partial charge in [0.1, 0.15) is 11.4 Å². The van der Waals surface area contributed by atoms with E-state index in [1.807, 2.05) is 67.6 Å². The molecule has 1 aliphatic heterocycles. The monoisotopic (exact) mass is 454 g/mol. The van der Waals surface area contributed by atoms with Crippen molar-refractivity contribution in [3.05, 3.63) is 95.7 Å². The van der Waals surface area contributed by atoms with Crippen LogP contribution in [0.2, 0.25) is 0 Å². The topological polar surface area (TPSA) is 58.6 Å². The minimum absolute atomic E-state index is 0.0190. The van der Waals surface area contributed by atoms with E-state index in [9.17, 15) is 9.59 Å². The molecule has 0 aromatic heterocycles. The Morgan fingerprint density at radius 2 is 1.47 bits per heavy atom. The lowest BCUT2D eigenvalue weighted by Crippen LogP contribution is -2.32. The number of imide groups is 1. The standard InChI is InChI=1S/C29H30N2O3/c1-5-19-34-24-14-10-9-13-23(24)31-27(32)25(20-11-7-6-8-12-20)26(28(31)33)30-22-17-15-21(16-18-22)29(2,3)4/h6-18,30H,5,19H2,1-4H3. The van der Waals surface area contributed by atoms with E-state index in [1.165, 1.54) is 10.5 Å². The summed E-state index contributed by atoms with van der Waals surface area (Å²) in [5, 5.41) is 3.24. The molecule has 1 heterocycles. The average molecular weight is 455 g/mol. The van der Waals surface area contributed by atoms with E-state index in [-0.39, 0.29) is 17.0 Å². The van der Waals surface area contributed by atoms with E-state index in [0.29, 0.717) is 29.2 Å². The molecule has 0 spiro atoms. The van der Waals surface area contributed by atoms with Gasteiger partial charge in [0, 0.05) is 5.69 Å². The highest BCUT2D eigenvalue weighted by atomic mass is 16.5. The van der Waals surface area contributed by atoms with Crippen molar-refractivity contribution in [2.45, 2.75) is 39.5 Å². The Bertz CT molecular complexity index is 1220. The molecule has 4 rings (SSSR count). The Kier molecular flexibility index (Phi) is 6.55. The van der Waals surface area contributed by atoms with Crippen molar-refractivity contribution in [2.75, 3.05) is 16.8 Å². The number of benzene rings is 3. The number of amides is 2. The van der Waals surface area contributed by atoms with Crippen LogP contribution in [-0.2, 0) is 15.0 Å². The number of anilines is 2. The first-order valence-corrected chi connectivity index (χ1v) is 11.6. The van der Waals surface area contributed by atoms with Gasteiger partial charge < -0.3 is 10.1 Å². The number of hydrogen-bond donors (Lipinski definition) is 1. The first-order valence-electron chi connectivity index (χ1n) is 11.6. The fourth-order valence-electron chi connectivity index (χ4n) is 3.91. The van der Waals surface area contributed by atoms with E-state index in [2.05, 4.69) is 26.1 Å². The van der Waals surface area contributed by atoms with Crippen molar-refractivity contribution in [2.24, 2.45) is 0 Å². The van der Waals surface area contributed by atoms with E-state index < -0.39 is 5.91 Å². The number of carbonyl (C=O) groups is 2. The highest BCUT2D eigenvalue weighted by Gasteiger charge is 2.41. The van der Waals surface area contributed by atoms with Crippen LogP contribution in [0, 0.1) is 0 Å². The van der Waals surface area contributed by atoms with Crippen molar-refractivity contribution in [3.8, 4) is 5.75 Å². The summed E-state index contributed by atoms with van der Waals surface area (Å²) in [6, 6.07) is 24.4. The predicted octanol–water partition coefficient (Wildman–Crippen LogP) is 6.17. The summed E-state index contributed by atoms with van der Waals surface area (Å²) in [6.45, 7) is 8.97. The van der Waals surface area contributed by atoms with Gasteiger partial charge in [-0.15, -0.1) is 0 Å². The Balaban J connectivity index is 1.76. The number of carbonyl (C=O) groups excluding carboxylic acids is 2. The third kappa shape index (κ3) is 4.60. The van der Waals surface area contributed by atoms with Crippen molar-refractivity contribution < 1.29 is 14.3 Å². The SMILES string of the molecule is CCCOc1ccccc1N1C(=O)C(Nc2ccc(C(C)(C)C)cc2)=C(c2ccccc2)C1=O. The molecule has 0 radical (unpaired) electrons. The van der Waals surface area contributed by atoms with Crippen LogP contribution >= 0.6 is 0 Å². The van der Waals surface area contributed by atoms with E-state index in [4.69, 9.17) is 4.74 Å². The summed E-state index contributed by atoms with van der Waals surface area (Å²) in [7, 11) is 0. The Hall–Kier alpha value is -3.86. The highest BCUT2D eigenvalue weighted by Crippen LogP contribution is 2.38. The van der Waals surface area contributed by atoms with Crippen LogP contribution in [0.15, 0.2) is 84.6 Å². The Morgan fingerprint density at radius 3 is 2.12 bits per heavy atom. The molecule has 2 amide bonds. The molecule has 0 bridgehead atoms. The minimum Gasteiger partial charge on any atom is -0.491 e. The first-order chi connectivity index (χ1) is 16.3. The van der Waals surface area contributed by atoms with E-state index in [1.54, 1.807) is 18.2 Å². The molecule has 1 N–H and O–H groups in total. The third-order valence-corrected chi connectivity index (χ3v) is 5.73. The smallest absolute Gasteiger partial charge is 0.282 e. The molecule has 0 fully saturated rings. The summed E-state index contributed by atoms with van der Waals surface area (Å²) in [5.41, 5.74) is 3.68. The molecule has 0 atom stereocenters. The highest BCUT2D eigenvalue weighted by molar-refractivity contribution is 6.46. The summed E-state index contributed by atoms with van der Waals surface area (Å²) >= 11 is 0. The molecule has 0 unspecified atom stereocenters. The summed E-state index contributed by atoms with van der Waals surface area (Å²) in [5.74, 6) is -0.275. The lowest BCUT2D eigenvalue weighted by atomic mass is 9.87. The van der Waals surface area contributed by atoms with Crippen molar-refractivity contribution in [1.29, 1.82) is 0 Å². The van der Waals surface area contributed by atoms with Gasteiger partial charge in [0.25, 0.3) is 11.8 Å². The normalized spacial score (nSPS) is 14.1. The maximum absolute atomic E-state index is 13.7. The van der Waals surface area contributed by atoms with Gasteiger partial charge in [-0.25, -0.2) is 4.90 Å². The van der Waals surface area contributed by atoms with Crippen molar-refractivity contribution in [3.63, 3.8) is 0 Å². The molecular weight excluding hydrogens is 424 g/mol. The van der Waals surface area contributed by atoms with Crippen LogP contribution in [-0.4, -0.2) is 18.4 Å². The van der Waals surface area contributed by atoms with Crippen LogP contribution in [0.4, 0.5) is 11.4 Å². The van der Waals surface area contributed by atoms with Crippen molar-refractivity contribution in [1.82, 2.24) is 0 Å². The molecule has 174 valence electrons. The quantitative estimate of drug-likeness (QED) is 0.434. The molecule has 0 saturated heterocycles. The number of ether oxygens (including phenoxy) is 1. The van der Waals surface area contributed by atoms with Gasteiger partial charge in [-0.1, -0.05) is 82.3 Å². The number of hydrogen-bond acceptors (Lipinski definition) is 4. The molecule has 0 aliphatic carbocycles. The molecule has 5 nitrogen and oxygen atoms in total. The summed E-state index contributed by atoms with van der Waals surface area (Å²) in [4.78, 5) is 28.6. The molecule has 34 heavy (non-hydrogen) atoms. The number of para-hydroxylation sites is 2.